The minimum atomic E-state index is -0.410. The monoisotopic (exact) mass is 462 g/mol. The van der Waals surface area contributed by atoms with Crippen molar-refractivity contribution in [2.45, 2.75) is 57.5 Å². The number of hydrogen-bond acceptors (Lipinski definition) is 5. The Hall–Kier alpha value is -3.31. The zero-order chi connectivity index (χ0) is 24.5. The van der Waals surface area contributed by atoms with E-state index in [0.29, 0.717) is 12.2 Å². The second-order valence-corrected chi connectivity index (χ2v) is 8.85. The van der Waals surface area contributed by atoms with Crippen LogP contribution >= 0.6 is 0 Å². The van der Waals surface area contributed by atoms with Gasteiger partial charge in [0.1, 0.15) is 5.75 Å². The van der Waals surface area contributed by atoms with Crippen LogP contribution in [0.5, 0.6) is 17.2 Å². The number of hydrogen-bond donors (Lipinski definition) is 3. The minimum Gasteiger partial charge on any atom is -0.508 e. The second kappa shape index (κ2) is 12.2. The van der Waals surface area contributed by atoms with Crippen LogP contribution in [0, 0.1) is 0 Å². The summed E-state index contributed by atoms with van der Waals surface area (Å²) in [5.74, 6) is 0.222. The average molecular weight is 463 g/mol. The van der Waals surface area contributed by atoms with E-state index in [-0.39, 0.29) is 23.4 Å². The molecule has 0 unspecified atom stereocenters. The molecule has 0 bridgehead atoms. The predicted octanol–water partition coefficient (Wildman–Crippen LogP) is 6.04. The SMILES string of the molecule is COc1cc(C[C@H](C(=O)C=CCCCCC[C@H](C)O)c2ccc3ccc(O)cc3c2)ccc1O. The van der Waals surface area contributed by atoms with Crippen molar-refractivity contribution in [2.24, 2.45) is 0 Å². The molecular formula is C29H34O5. The molecule has 0 spiro atoms. The topological polar surface area (TPSA) is 87.0 Å². The van der Waals surface area contributed by atoms with E-state index in [1.807, 2.05) is 30.3 Å². The number of carbonyl (C=O) groups is 1. The number of phenolic OH excluding ortho intramolecular Hbond substituents is 2. The first kappa shape index (κ1) is 25.3. The van der Waals surface area contributed by atoms with Crippen molar-refractivity contribution in [3.63, 3.8) is 0 Å². The van der Waals surface area contributed by atoms with E-state index in [1.165, 1.54) is 7.11 Å². The lowest BCUT2D eigenvalue weighted by Gasteiger charge is -2.17. The molecule has 0 saturated heterocycles. The van der Waals surface area contributed by atoms with Gasteiger partial charge in [-0.15, -0.1) is 0 Å². The van der Waals surface area contributed by atoms with Crippen LogP contribution in [0.15, 0.2) is 66.7 Å². The third-order valence-electron chi connectivity index (χ3n) is 6.05. The number of fused-ring (bicyclic) bond motifs is 1. The first-order valence-electron chi connectivity index (χ1n) is 11.8. The Morgan fingerprint density at radius 3 is 2.53 bits per heavy atom. The lowest BCUT2D eigenvalue weighted by atomic mass is 9.87. The Kier molecular flexibility index (Phi) is 9.11. The number of allylic oxidation sites excluding steroid dienone is 2. The van der Waals surface area contributed by atoms with Crippen molar-refractivity contribution < 1.29 is 24.9 Å². The lowest BCUT2D eigenvalue weighted by Crippen LogP contribution is -2.13. The summed E-state index contributed by atoms with van der Waals surface area (Å²) >= 11 is 0. The minimum absolute atomic E-state index is 0.00975. The maximum absolute atomic E-state index is 13.3. The Labute approximate surface area is 201 Å². The van der Waals surface area contributed by atoms with Gasteiger partial charge in [-0.3, -0.25) is 4.79 Å². The number of benzene rings is 3. The van der Waals surface area contributed by atoms with Gasteiger partial charge in [0.05, 0.1) is 19.1 Å². The van der Waals surface area contributed by atoms with Gasteiger partial charge < -0.3 is 20.1 Å². The van der Waals surface area contributed by atoms with E-state index in [2.05, 4.69) is 0 Å². The fourth-order valence-electron chi connectivity index (χ4n) is 4.13. The van der Waals surface area contributed by atoms with Crippen LogP contribution in [0.2, 0.25) is 0 Å². The van der Waals surface area contributed by atoms with E-state index in [1.54, 1.807) is 43.3 Å². The molecule has 0 saturated carbocycles. The first-order valence-corrected chi connectivity index (χ1v) is 11.8. The van der Waals surface area contributed by atoms with Crippen molar-refractivity contribution in [1.29, 1.82) is 0 Å². The summed E-state index contributed by atoms with van der Waals surface area (Å²) in [5.41, 5.74) is 1.76. The highest BCUT2D eigenvalue weighted by Gasteiger charge is 2.20. The maximum Gasteiger partial charge on any atom is 0.163 e. The van der Waals surface area contributed by atoms with Gasteiger partial charge in [-0.25, -0.2) is 0 Å². The third-order valence-corrected chi connectivity index (χ3v) is 6.05. The Morgan fingerprint density at radius 1 is 0.971 bits per heavy atom. The maximum atomic E-state index is 13.3. The van der Waals surface area contributed by atoms with Crippen LogP contribution in [0.1, 0.15) is 56.1 Å². The highest BCUT2D eigenvalue weighted by Crippen LogP contribution is 2.31. The van der Waals surface area contributed by atoms with Crippen molar-refractivity contribution in [3.05, 3.63) is 77.9 Å². The van der Waals surface area contributed by atoms with Gasteiger partial charge in [0, 0.05) is 0 Å². The molecule has 3 rings (SSSR count). The van der Waals surface area contributed by atoms with Crippen LogP contribution < -0.4 is 4.74 Å². The number of ketones is 1. The van der Waals surface area contributed by atoms with Crippen LogP contribution in [-0.2, 0) is 11.2 Å². The summed E-state index contributed by atoms with van der Waals surface area (Å²) in [5, 5.41) is 31.0. The molecule has 0 aliphatic heterocycles. The van der Waals surface area contributed by atoms with Gasteiger partial charge >= 0.3 is 0 Å². The van der Waals surface area contributed by atoms with Crippen LogP contribution in [-0.4, -0.2) is 34.3 Å². The van der Waals surface area contributed by atoms with Gasteiger partial charge in [0.2, 0.25) is 0 Å². The predicted molar refractivity (Wildman–Crippen MR) is 136 cm³/mol. The highest BCUT2D eigenvalue weighted by molar-refractivity contribution is 5.96. The molecule has 2 atom stereocenters. The Morgan fingerprint density at radius 2 is 1.76 bits per heavy atom. The molecular weight excluding hydrogens is 428 g/mol. The summed E-state index contributed by atoms with van der Waals surface area (Å²) in [4.78, 5) is 13.3. The summed E-state index contributed by atoms with van der Waals surface area (Å²) in [6.45, 7) is 1.80. The molecule has 3 aromatic carbocycles. The number of methoxy groups -OCH3 is 1. The standard InChI is InChI=1S/C29H34O5/c1-20(30)8-6-4-3-5-7-9-27(32)26(16-21-10-15-28(33)29(17-21)34-2)23-12-11-22-13-14-25(31)19-24(22)18-23/h7,9-15,17-20,26,30-31,33H,3-6,8,16H2,1-2H3/t20-,26-/m0/s1. The summed E-state index contributed by atoms with van der Waals surface area (Å²) in [6.07, 6.45) is 8.40. The smallest absolute Gasteiger partial charge is 0.163 e. The van der Waals surface area contributed by atoms with E-state index in [0.717, 1.165) is 54.0 Å². The fourth-order valence-corrected chi connectivity index (χ4v) is 4.13. The van der Waals surface area contributed by atoms with E-state index in [4.69, 9.17) is 4.74 Å². The van der Waals surface area contributed by atoms with Crippen molar-refractivity contribution in [2.75, 3.05) is 7.11 Å². The number of unbranched alkanes of at least 4 members (excludes halogenated alkanes) is 3. The lowest BCUT2D eigenvalue weighted by molar-refractivity contribution is -0.116. The van der Waals surface area contributed by atoms with Gasteiger partial charge in [0.15, 0.2) is 17.3 Å². The third kappa shape index (κ3) is 7.09. The number of ether oxygens (including phenoxy) is 1. The zero-order valence-corrected chi connectivity index (χ0v) is 19.9. The number of aliphatic hydroxyl groups is 1. The number of phenols is 2. The van der Waals surface area contributed by atoms with Crippen molar-refractivity contribution in [3.8, 4) is 17.2 Å². The number of rotatable bonds is 12. The molecule has 3 aromatic rings. The van der Waals surface area contributed by atoms with Crippen molar-refractivity contribution >= 4 is 16.6 Å². The molecule has 180 valence electrons. The van der Waals surface area contributed by atoms with Crippen molar-refractivity contribution in [1.82, 2.24) is 0 Å². The second-order valence-electron chi connectivity index (χ2n) is 8.85. The molecule has 0 aliphatic rings. The Balaban J connectivity index is 1.80. The molecule has 0 fully saturated rings. The highest BCUT2D eigenvalue weighted by atomic mass is 16.5. The van der Waals surface area contributed by atoms with Gasteiger partial charge in [-0.05, 0) is 84.8 Å². The van der Waals surface area contributed by atoms with E-state index < -0.39 is 5.92 Å². The largest absolute Gasteiger partial charge is 0.508 e. The normalized spacial score (nSPS) is 13.3. The van der Waals surface area contributed by atoms with Crippen LogP contribution in [0.25, 0.3) is 10.8 Å². The van der Waals surface area contributed by atoms with Gasteiger partial charge in [-0.1, -0.05) is 49.2 Å². The molecule has 5 nitrogen and oxygen atoms in total. The van der Waals surface area contributed by atoms with Gasteiger partial charge in [-0.2, -0.15) is 0 Å². The summed E-state index contributed by atoms with van der Waals surface area (Å²) in [6, 6.07) is 16.2. The van der Waals surface area contributed by atoms with Gasteiger partial charge in [0.25, 0.3) is 0 Å². The zero-order valence-electron chi connectivity index (χ0n) is 19.9. The number of aliphatic hydroxyl groups excluding tert-OH is 1. The number of carbonyl (C=O) groups excluding carboxylic acids is 1. The van der Waals surface area contributed by atoms with Crippen LogP contribution in [0.4, 0.5) is 0 Å². The molecule has 0 aliphatic carbocycles. The molecule has 0 amide bonds. The molecule has 0 radical (unpaired) electrons. The van der Waals surface area contributed by atoms with E-state index >= 15 is 0 Å². The molecule has 5 heteroatoms. The van der Waals surface area contributed by atoms with Crippen LogP contribution in [0.3, 0.4) is 0 Å². The summed E-state index contributed by atoms with van der Waals surface area (Å²) < 4.78 is 5.24. The molecule has 34 heavy (non-hydrogen) atoms. The quantitative estimate of drug-likeness (QED) is 0.226. The number of aromatic hydroxyl groups is 2. The summed E-state index contributed by atoms with van der Waals surface area (Å²) in [7, 11) is 1.50. The first-order chi connectivity index (χ1) is 16.4. The fraction of sp³-hybridized carbons (Fsp3) is 0.345. The molecule has 0 heterocycles. The van der Waals surface area contributed by atoms with E-state index in [9.17, 15) is 20.1 Å². The average Bonchev–Trinajstić information content (AvgIpc) is 2.82. The Bertz CT molecular complexity index is 1130. The molecule has 0 aromatic heterocycles. The molecule has 3 N–H and O–H groups in total.